The molecule has 1 aromatic rings. The summed E-state index contributed by atoms with van der Waals surface area (Å²) in [6.45, 7) is 11.6. The van der Waals surface area contributed by atoms with E-state index in [2.05, 4.69) is 48.3 Å². The summed E-state index contributed by atoms with van der Waals surface area (Å²) in [5.74, 6) is 2.09. The van der Waals surface area contributed by atoms with E-state index in [1.54, 1.807) is 6.20 Å². The lowest BCUT2D eigenvalue weighted by Gasteiger charge is -2.16. The number of aliphatic imine (C=N–C) groups is 1. The van der Waals surface area contributed by atoms with Gasteiger partial charge >= 0.3 is 0 Å². The van der Waals surface area contributed by atoms with Crippen LogP contribution >= 0.6 is 24.0 Å². The van der Waals surface area contributed by atoms with Crippen LogP contribution in [0.1, 0.15) is 52.5 Å². The van der Waals surface area contributed by atoms with Gasteiger partial charge < -0.3 is 20.1 Å². The van der Waals surface area contributed by atoms with Crippen molar-refractivity contribution < 1.29 is 9.47 Å². The number of guanidine groups is 1. The highest BCUT2D eigenvalue weighted by molar-refractivity contribution is 14.0. The molecule has 0 radical (unpaired) electrons. The molecule has 7 heteroatoms. The number of nitrogens with one attached hydrogen (secondary N) is 2. The molecule has 0 spiro atoms. The number of aromatic nitrogens is 1. The largest absolute Gasteiger partial charge is 0.475 e. The standard InChI is InChI=1S/C20H34N4O2.HI/c1-5-21-20(24-14-18-7-6-10-25-18)23-13-17-8-9-22-19(12-17)26-16(4)11-15(2)3;/h8-9,12,15-16,18H,5-7,10-11,13-14H2,1-4H3,(H2,21,23,24);1H. The number of hydrogen-bond donors (Lipinski definition) is 2. The summed E-state index contributed by atoms with van der Waals surface area (Å²) < 4.78 is 11.6. The van der Waals surface area contributed by atoms with Gasteiger partial charge in [-0.3, -0.25) is 0 Å². The maximum atomic E-state index is 5.93. The van der Waals surface area contributed by atoms with Crippen molar-refractivity contribution in [2.75, 3.05) is 19.7 Å². The third-order valence-electron chi connectivity index (χ3n) is 4.21. The summed E-state index contributed by atoms with van der Waals surface area (Å²) in [5.41, 5.74) is 1.08. The van der Waals surface area contributed by atoms with E-state index < -0.39 is 0 Å². The zero-order chi connectivity index (χ0) is 18.8. The van der Waals surface area contributed by atoms with Crippen molar-refractivity contribution in [2.24, 2.45) is 10.9 Å². The van der Waals surface area contributed by atoms with Crippen molar-refractivity contribution in [1.82, 2.24) is 15.6 Å². The first-order valence-corrected chi connectivity index (χ1v) is 9.82. The molecule has 0 saturated carbocycles. The summed E-state index contributed by atoms with van der Waals surface area (Å²) in [5, 5.41) is 6.65. The van der Waals surface area contributed by atoms with Gasteiger partial charge in [0, 0.05) is 32.0 Å². The molecule has 2 heterocycles. The third kappa shape index (κ3) is 9.60. The van der Waals surface area contributed by atoms with E-state index in [9.17, 15) is 0 Å². The van der Waals surface area contributed by atoms with Gasteiger partial charge in [0.15, 0.2) is 5.96 Å². The molecule has 0 aromatic carbocycles. The Balaban J connectivity index is 0.00000364. The number of pyridine rings is 1. The quantitative estimate of drug-likeness (QED) is 0.314. The normalized spacial score (nSPS) is 18.1. The Morgan fingerprint density at radius 3 is 2.85 bits per heavy atom. The third-order valence-corrected chi connectivity index (χ3v) is 4.21. The smallest absolute Gasteiger partial charge is 0.213 e. The highest BCUT2D eigenvalue weighted by Crippen LogP contribution is 2.15. The zero-order valence-corrected chi connectivity index (χ0v) is 19.4. The molecule has 0 bridgehead atoms. The Labute approximate surface area is 180 Å². The highest BCUT2D eigenvalue weighted by Gasteiger charge is 2.15. The molecule has 0 aliphatic carbocycles. The molecule has 154 valence electrons. The van der Waals surface area contributed by atoms with Gasteiger partial charge in [-0.05, 0) is 50.7 Å². The van der Waals surface area contributed by atoms with Gasteiger partial charge in [-0.25, -0.2) is 9.98 Å². The lowest BCUT2D eigenvalue weighted by molar-refractivity contribution is 0.114. The van der Waals surface area contributed by atoms with Crippen LogP contribution in [0.2, 0.25) is 0 Å². The van der Waals surface area contributed by atoms with Gasteiger partial charge in [-0.1, -0.05) is 13.8 Å². The highest BCUT2D eigenvalue weighted by atomic mass is 127. The van der Waals surface area contributed by atoms with E-state index >= 15 is 0 Å². The fourth-order valence-electron chi connectivity index (χ4n) is 3.06. The topological polar surface area (TPSA) is 67.8 Å². The van der Waals surface area contributed by atoms with Crippen LogP contribution in [-0.4, -0.2) is 42.8 Å². The van der Waals surface area contributed by atoms with Crippen LogP contribution in [-0.2, 0) is 11.3 Å². The minimum atomic E-state index is 0. The second kappa shape index (κ2) is 13.1. The summed E-state index contributed by atoms with van der Waals surface area (Å²) in [4.78, 5) is 8.99. The van der Waals surface area contributed by atoms with Crippen LogP contribution in [0.5, 0.6) is 5.88 Å². The molecule has 1 aliphatic heterocycles. The van der Waals surface area contributed by atoms with Gasteiger partial charge in [-0.15, -0.1) is 24.0 Å². The molecule has 1 aromatic heterocycles. The Kier molecular flexibility index (Phi) is 11.7. The fraction of sp³-hybridized carbons (Fsp3) is 0.700. The van der Waals surface area contributed by atoms with Crippen LogP contribution in [0.25, 0.3) is 0 Å². The minimum absolute atomic E-state index is 0. The van der Waals surface area contributed by atoms with Crippen molar-refractivity contribution in [1.29, 1.82) is 0 Å². The van der Waals surface area contributed by atoms with E-state index in [-0.39, 0.29) is 30.1 Å². The first-order chi connectivity index (χ1) is 12.6. The molecular weight excluding hydrogens is 455 g/mol. The van der Waals surface area contributed by atoms with Crippen molar-refractivity contribution in [3.63, 3.8) is 0 Å². The summed E-state index contributed by atoms with van der Waals surface area (Å²) in [6, 6.07) is 3.96. The minimum Gasteiger partial charge on any atom is -0.475 e. The van der Waals surface area contributed by atoms with Crippen LogP contribution in [0.4, 0.5) is 0 Å². The molecule has 1 saturated heterocycles. The van der Waals surface area contributed by atoms with E-state index in [0.717, 1.165) is 50.5 Å². The predicted molar refractivity (Wildman–Crippen MR) is 121 cm³/mol. The summed E-state index contributed by atoms with van der Waals surface area (Å²) in [6.07, 6.45) is 5.52. The Morgan fingerprint density at radius 2 is 2.19 bits per heavy atom. The van der Waals surface area contributed by atoms with Gasteiger partial charge in [0.1, 0.15) is 0 Å². The van der Waals surface area contributed by atoms with Gasteiger partial charge in [0.25, 0.3) is 0 Å². The van der Waals surface area contributed by atoms with E-state index in [1.807, 2.05) is 12.1 Å². The molecule has 0 amide bonds. The Hall–Kier alpha value is -1.09. The van der Waals surface area contributed by atoms with Crippen LogP contribution < -0.4 is 15.4 Å². The monoisotopic (exact) mass is 490 g/mol. The molecule has 2 N–H and O–H groups in total. The molecule has 1 fully saturated rings. The van der Waals surface area contributed by atoms with E-state index in [0.29, 0.717) is 24.4 Å². The summed E-state index contributed by atoms with van der Waals surface area (Å²) >= 11 is 0. The van der Waals surface area contributed by atoms with Crippen LogP contribution in [0.3, 0.4) is 0 Å². The number of hydrogen-bond acceptors (Lipinski definition) is 4. The second-order valence-corrected chi connectivity index (χ2v) is 7.27. The molecule has 2 unspecified atom stereocenters. The van der Waals surface area contributed by atoms with Crippen LogP contribution in [0.15, 0.2) is 23.3 Å². The van der Waals surface area contributed by atoms with Crippen LogP contribution in [0, 0.1) is 5.92 Å². The second-order valence-electron chi connectivity index (χ2n) is 7.27. The first kappa shape index (κ1) is 23.9. The average Bonchev–Trinajstić information content (AvgIpc) is 3.10. The number of rotatable bonds is 9. The molecule has 2 atom stereocenters. The maximum absolute atomic E-state index is 5.93. The van der Waals surface area contributed by atoms with Crippen molar-refractivity contribution in [3.05, 3.63) is 23.9 Å². The number of nitrogens with zero attached hydrogens (tertiary/aromatic N) is 2. The van der Waals surface area contributed by atoms with Gasteiger partial charge in [0.2, 0.25) is 5.88 Å². The SMILES string of the molecule is CCNC(=NCc1ccnc(OC(C)CC(C)C)c1)NCC1CCCO1.I. The number of ether oxygens (including phenoxy) is 2. The Bertz CT molecular complexity index is 563. The van der Waals surface area contributed by atoms with Crippen molar-refractivity contribution >= 4 is 29.9 Å². The van der Waals surface area contributed by atoms with Crippen molar-refractivity contribution in [2.45, 2.75) is 65.7 Å². The lowest BCUT2D eigenvalue weighted by atomic mass is 10.1. The van der Waals surface area contributed by atoms with Gasteiger partial charge in [-0.2, -0.15) is 0 Å². The lowest BCUT2D eigenvalue weighted by Crippen LogP contribution is -2.41. The number of halogens is 1. The first-order valence-electron chi connectivity index (χ1n) is 9.82. The molecule has 6 nitrogen and oxygen atoms in total. The zero-order valence-electron chi connectivity index (χ0n) is 17.0. The molecule has 1 aliphatic rings. The predicted octanol–water partition coefficient (Wildman–Crippen LogP) is 3.75. The van der Waals surface area contributed by atoms with Crippen molar-refractivity contribution in [3.8, 4) is 5.88 Å². The molecule has 2 rings (SSSR count). The molecular formula is C20H35IN4O2. The van der Waals surface area contributed by atoms with Gasteiger partial charge in [0.05, 0.1) is 18.8 Å². The fourth-order valence-corrected chi connectivity index (χ4v) is 3.06. The average molecular weight is 490 g/mol. The van der Waals surface area contributed by atoms with E-state index in [1.165, 1.54) is 0 Å². The molecule has 27 heavy (non-hydrogen) atoms. The summed E-state index contributed by atoms with van der Waals surface area (Å²) in [7, 11) is 0. The maximum Gasteiger partial charge on any atom is 0.213 e. The Morgan fingerprint density at radius 1 is 1.37 bits per heavy atom. The van der Waals surface area contributed by atoms with E-state index in [4.69, 9.17) is 9.47 Å².